The Bertz CT molecular complexity index is 372. The summed E-state index contributed by atoms with van der Waals surface area (Å²) < 4.78 is 4.45. The highest BCUT2D eigenvalue weighted by atomic mass is 32.2. The zero-order valence-electron chi connectivity index (χ0n) is 12.1. The van der Waals surface area contributed by atoms with E-state index >= 15 is 0 Å². The van der Waals surface area contributed by atoms with Gasteiger partial charge in [0.1, 0.15) is 6.04 Å². The lowest BCUT2D eigenvalue weighted by Gasteiger charge is -2.22. The molecule has 1 unspecified atom stereocenters. The molecule has 1 aliphatic rings. The molecule has 0 aromatic rings. The summed E-state index contributed by atoms with van der Waals surface area (Å²) in [6.45, 7) is 0.528. The molecule has 0 saturated carbocycles. The zero-order valence-corrected chi connectivity index (χ0v) is 12.9. The molecule has 8 heteroatoms. The fraction of sp³-hybridized carbons (Fsp3) is 0.769. The lowest BCUT2D eigenvalue weighted by atomic mass is 10.1. The second-order valence-corrected chi connectivity index (χ2v) is 6.26. The molecule has 1 saturated heterocycles. The van der Waals surface area contributed by atoms with Gasteiger partial charge in [0.2, 0.25) is 0 Å². The standard InChI is InChI=1S/C13H22N2O5S/c1-20-11(16)6-5-10(12(17)18)15-13(19)14-8-9-4-2-3-7-21-9/h9-10H,2-8H2,1H3,(H,17,18)(H2,14,15,19)/t9?,10-/m1/s1. The molecule has 1 fully saturated rings. The first-order chi connectivity index (χ1) is 10.0. The van der Waals surface area contributed by atoms with Crippen LogP contribution in [-0.4, -0.2) is 53.8 Å². The van der Waals surface area contributed by atoms with Crippen LogP contribution in [0.25, 0.3) is 0 Å². The third-order valence-electron chi connectivity index (χ3n) is 3.23. The number of carbonyl (C=O) groups is 3. The van der Waals surface area contributed by atoms with Gasteiger partial charge in [0, 0.05) is 18.2 Å². The van der Waals surface area contributed by atoms with Crippen molar-refractivity contribution in [2.45, 2.75) is 43.4 Å². The number of methoxy groups -OCH3 is 1. The molecule has 0 bridgehead atoms. The van der Waals surface area contributed by atoms with E-state index in [0.717, 1.165) is 18.6 Å². The molecule has 0 aromatic heterocycles. The maximum atomic E-state index is 11.7. The molecular formula is C13H22N2O5S. The lowest BCUT2D eigenvalue weighted by Crippen LogP contribution is -2.47. The topological polar surface area (TPSA) is 105 Å². The number of nitrogens with one attached hydrogen (secondary N) is 2. The number of aliphatic carboxylic acids is 1. The predicted octanol–water partition coefficient (Wildman–Crippen LogP) is 0.978. The summed E-state index contributed by atoms with van der Waals surface area (Å²) in [5.74, 6) is -0.562. The normalized spacial score (nSPS) is 19.4. The van der Waals surface area contributed by atoms with Gasteiger partial charge in [0.25, 0.3) is 0 Å². The van der Waals surface area contributed by atoms with Gasteiger partial charge in [-0.2, -0.15) is 11.8 Å². The highest BCUT2D eigenvalue weighted by Gasteiger charge is 2.22. The Morgan fingerprint density at radius 3 is 2.71 bits per heavy atom. The highest BCUT2D eigenvalue weighted by Crippen LogP contribution is 2.24. The minimum absolute atomic E-state index is 0.00754. The smallest absolute Gasteiger partial charge is 0.326 e. The number of hydrogen-bond acceptors (Lipinski definition) is 5. The number of carboxylic acids is 1. The number of amides is 2. The van der Waals surface area contributed by atoms with Gasteiger partial charge >= 0.3 is 18.0 Å². The maximum absolute atomic E-state index is 11.7. The van der Waals surface area contributed by atoms with Crippen molar-refractivity contribution in [2.75, 3.05) is 19.4 Å². The predicted molar refractivity (Wildman–Crippen MR) is 79.3 cm³/mol. The van der Waals surface area contributed by atoms with E-state index in [2.05, 4.69) is 15.4 Å². The van der Waals surface area contributed by atoms with Crippen molar-refractivity contribution >= 4 is 29.7 Å². The van der Waals surface area contributed by atoms with Crippen LogP contribution in [-0.2, 0) is 14.3 Å². The van der Waals surface area contributed by atoms with Crippen LogP contribution in [0.2, 0.25) is 0 Å². The number of urea groups is 1. The zero-order chi connectivity index (χ0) is 15.7. The Morgan fingerprint density at radius 1 is 1.38 bits per heavy atom. The summed E-state index contributed by atoms with van der Waals surface area (Å²) in [5, 5.41) is 14.5. The molecule has 1 heterocycles. The first-order valence-corrected chi connectivity index (χ1v) is 8.03. The van der Waals surface area contributed by atoms with Gasteiger partial charge < -0.3 is 20.5 Å². The Labute approximate surface area is 128 Å². The largest absolute Gasteiger partial charge is 0.480 e. The third-order valence-corrected chi connectivity index (χ3v) is 4.63. The minimum atomic E-state index is -1.17. The van der Waals surface area contributed by atoms with E-state index in [1.165, 1.54) is 13.5 Å². The lowest BCUT2D eigenvalue weighted by molar-refractivity contribution is -0.142. The van der Waals surface area contributed by atoms with Gasteiger partial charge in [-0.1, -0.05) is 6.42 Å². The van der Waals surface area contributed by atoms with E-state index in [1.54, 1.807) is 0 Å². The molecule has 1 rings (SSSR count). The van der Waals surface area contributed by atoms with E-state index in [9.17, 15) is 14.4 Å². The van der Waals surface area contributed by atoms with Crippen molar-refractivity contribution in [3.63, 3.8) is 0 Å². The third kappa shape index (κ3) is 7.22. The van der Waals surface area contributed by atoms with Crippen LogP contribution in [0.3, 0.4) is 0 Å². The first kappa shape index (κ1) is 17.6. The summed E-state index contributed by atoms with van der Waals surface area (Å²) in [5.41, 5.74) is 0. The fourth-order valence-electron chi connectivity index (χ4n) is 2.01. The Kier molecular flexibility index (Phi) is 7.96. The van der Waals surface area contributed by atoms with Crippen molar-refractivity contribution in [3.8, 4) is 0 Å². The molecule has 0 spiro atoms. The number of ether oxygens (including phenoxy) is 1. The highest BCUT2D eigenvalue weighted by molar-refractivity contribution is 7.99. The Hall–Kier alpha value is -1.44. The van der Waals surface area contributed by atoms with Crippen molar-refractivity contribution in [3.05, 3.63) is 0 Å². The van der Waals surface area contributed by atoms with Crippen LogP contribution in [0.1, 0.15) is 32.1 Å². The van der Waals surface area contributed by atoms with Gasteiger partial charge in [-0.05, 0) is 25.0 Å². The molecule has 0 aromatic carbocycles. The quantitative estimate of drug-likeness (QED) is 0.604. The molecule has 3 N–H and O–H groups in total. The fourth-order valence-corrected chi connectivity index (χ4v) is 3.24. The van der Waals surface area contributed by atoms with E-state index in [4.69, 9.17) is 5.11 Å². The molecule has 2 atom stereocenters. The van der Waals surface area contributed by atoms with Gasteiger partial charge in [-0.3, -0.25) is 4.79 Å². The van der Waals surface area contributed by atoms with Crippen molar-refractivity contribution < 1.29 is 24.2 Å². The van der Waals surface area contributed by atoms with E-state index in [1.807, 2.05) is 11.8 Å². The number of thioether (sulfide) groups is 1. The summed E-state index contributed by atoms with van der Waals surface area (Å²) in [6.07, 6.45) is 3.40. The second-order valence-electron chi connectivity index (χ2n) is 4.85. The summed E-state index contributed by atoms with van der Waals surface area (Å²) in [7, 11) is 1.24. The molecular weight excluding hydrogens is 296 g/mol. The summed E-state index contributed by atoms with van der Waals surface area (Å²) >= 11 is 1.83. The van der Waals surface area contributed by atoms with Crippen molar-refractivity contribution in [1.82, 2.24) is 10.6 Å². The first-order valence-electron chi connectivity index (χ1n) is 6.98. The van der Waals surface area contributed by atoms with E-state index in [0.29, 0.717) is 11.8 Å². The van der Waals surface area contributed by atoms with Gasteiger partial charge in [-0.25, -0.2) is 9.59 Å². The van der Waals surface area contributed by atoms with Crippen molar-refractivity contribution in [1.29, 1.82) is 0 Å². The van der Waals surface area contributed by atoms with E-state index in [-0.39, 0.29) is 12.8 Å². The van der Waals surface area contributed by atoms with Gasteiger partial charge in [0.05, 0.1) is 7.11 Å². The Morgan fingerprint density at radius 2 is 2.14 bits per heavy atom. The van der Waals surface area contributed by atoms with Crippen molar-refractivity contribution in [2.24, 2.45) is 0 Å². The number of rotatable bonds is 7. The number of carbonyl (C=O) groups excluding carboxylic acids is 2. The number of hydrogen-bond donors (Lipinski definition) is 3. The molecule has 0 radical (unpaired) electrons. The van der Waals surface area contributed by atoms with Crippen LogP contribution in [0.5, 0.6) is 0 Å². The SMILES string of the molecule is COC(=O)CC[C@@H](NC(=O)NCC1CCCCS1)C(=O)O. The average Bonchev–Trinajstić information content (AvgIpc) is 2.49. The molecule has 0 aliphatic carbocycles. The number of carboxylic acid groups (broad SMARTS) is 1. The molecule has 120 valence electrons. The summed E-state index contributed by atoms with van der Waals surface area (Å²) in [4.78, 5) is 33.8. The van der Waals surface area contributed by atoms with Crippen LogP contribution in [0, 0.1) is 0 Å². The van der Waals surface area contributed by atoms with Crippen LogP contribution < -0.4 is 10.6 Å². The van der Waals surface area contributed by atoms with Crippen LogP contribution in [0.4, 0.5) is 4.79 Å². The van der Waals surface area contributed by atoms with Gasteiger partial charge in [0.15, 0.2) is 0 Å². The maximum Gasteiger partial charge on any atom is 0.326 e. The number of esters is 1. The molecule has 7 nitrogen and oxygen atoms in total. The monoisotopic (exact) mass is 318 g/mol. The molecule has 21 heavy (non-hydrogen) atoms. The van der Waals surface area contributed by atoms with E-state index < -0.39 is 24.0 Å². The summed E-state index contributed by atoms with van der Waals surface area (Å²) in [6, 6.07) is -1.61. The minimum Gasteiger partial charge on any atom is -0.480 e. The Balaban J connectivity index is 2.30. The molecule has 2 amide bonds. The average molecular weight is 318 g/mol. The van der Waals surface area contributed by atoms with Crippen LogP contribution >= 0.6 is 11.8 Å². The van der Waals surface area contributed by atoms with Gasteiger partial charge in [-0.15, -0.1) is 0 Å². The van der Waals surface area contributed by atoms with Crippen LogP contribution in [0.15, 0.2) is 0 Å². The molecule has 1 aliphatic heterocycles. The second kappa shape index (κ2) is 9.49.